The third-order valence-corrected chi connectivity index (χ3v) is 6.42. The summed E-state index contributed by atoms with van der Waals surface area (Å²) in [6.07, 6.45) is 17.0. The van der Waals surface area contributed by atoms with Crippen molar-refractivity contribution in [1.82, 2.24) is 0 Å². The Morgan fingerprint density at radius 2 is 1.50 bits per heavy atom. The number of unbranched alkanes of at least 4 members (excludes halogenated alkanes) is 9. The molecule has 0 aliphatic carbocycles. The second kappa shape index (κ2) is 20.8. The number of nitrogens with zero attached hydrogens (tertiary/aromatic N) is 1. The average Bonchev–Trinajstić information content (AvgIpc) is 2.76. The van der Waals surface area contributed by atoms with Crippen molar-refractivity contribution in [3.8, 4) is 0 Å². The molecule has 0 aromatic heterocycles. The molecule has 0 radical (unpaired) electrons. The van der Waals surface area contributed by atoms with Crippen LogP contribution in [0.4, 0.5) is 0 Å². The summed E-state index contributed by atoms with van der Waals surface area (Å²) >= 11 is 0. The highest BCUT2D eigenvalue weighted by Crippen LogP contribution is 2.43. The quantitative estimate of drug-likeness (QED) is 0.0809. The van der Waals surface area contributed by atoms with Crippen molar-refractivity contribution in [2.75, 3.05) is 61.2 Å². The molecule has 204 valence electrons. The summed E-state index contributed by atoms with van der Waals surface area (Å²) in [4.78, 5) is 9.68. The van der Waals surface area contributed by atoms with E-state index >= 15 is 0 Å². The minimum atomic E-state index is -4.19. The van der Waals surface area contributed by atoms with Gasteiger partial charge in [0.05, 0.1) is 47.1 Å². The normalized spacial score (nSPS) is 16.1. The minimum Gasteiger partial charge on any atom is -0.388 e. The van der Waals surface area contributed by atoms with Crippen molar-refractivity contribution in [3.63, 3.8) is 0 Å². The van der Waals surface area contributed by atoms with Crippen LogP contribution in [0.1, 0.15) is 77.6 Å². The molecule has 0 aliphatic rings. The first-order chi connectivity index (χ1) is 16.1. The van der Waals surface area contributed by atoms with Crippen LogP contribution in [0.5, 0.6) is 0 Å². The van der Waals surface area contributed by atoms with Crippen LogP contribution in [0.2, 0.25) is 0 Å². The number of methoxy groups -OCH3 is 1. The first kappa shape index (κ1) is 33.7. The largest absolute Gasteiger partial charge is 0.472 e. The van der Waals surface area contributed by atoms with Gasteiger partial charge >= 0.3 is 7.82 Å². The van der Waals surface area contributed by atoms with Crippen molar-refractivity contribution in [2.45, 2.75) is 89.8 Å². The fourth-order valence-electron chi connectivity index (χ4n) is 3.20. The van der Waals surface area contributed by atoms with Gasteiger partial charge in [-0.3, -0.25) is 9.05 Å². The zero-order valence-corrected chi connectivity index (χ0v) is 23.3. The molecule has 0 aromatic carbocycles. The van der Waals surface area contributed by atoms with E-state index in [-0.39, 0.29) is 25.9 Å². The highest BCUT2D eigenvalue weighted by Gasteiger charge is 2.24. The van der Waals surface area contributed by atoms with E-state index in [9.17, 15) is 14.6 Å². The monoisotopic (exact) mass is 510 g/mol. The maximum absolute atomic E-state index is 11.9. The van der Waals surface area contributed by atoms with E-state index in [1.54, 1.807) is 7.11 Å². The Labute approximate surface area is 208 Å². The Balaban J connectivity index is 3.80. The molecular weight excluding hydrogens is 457 g/mol. The van der Waals surface area contributed by atoms with Gasteiger partial charge in [0.1, 0.15) is 19.3 Å². The molecule has 34 heavy (non-hydrogen) atoms. The van der Waals surface area contributed by atoms with Gasteiger partial charge in [0, 0.05) is 7.11 Å². The number of quaternary nitrogens is 1. The molecule has 0 aromatic rings. The molecule has 0 aliphatic heterocycles. The van der Waals surface area contributed by atoms with Gasteiger partial charge in [-0.1, -0.05) is 70.4 Å². The lowest BCUT2D eigenvalue weighted by molar-refractivity contribution is -0.870. The molecule has 0 saturated carbocycles. The maximum atomic E-state index is 11.9. The number of hydrogen-bond acceptors (Lipinski definition) is 6. The topological polar surface area (TPSA) is 94.5 Å². The second-order valence-electron chi connectivity index (χ2n) is 9.98. The Morgan fingerprint density at radius 3 is 2.09 bits per heavy atom. The van der Waals surface area contributed by atoms with Crippen LogP contribution in [-0.4, -0.2) is 87.9 Å². The van der Waals surface area contributed by atoms with Crippen LogP contribution in [0.25, 0.3) is 0 Å². The van der Waals surface area contributed by atoms with E-state index in [4.69, 9.17) is 18.5 Å². The van der Waals surface area contributed by atoms with Crippen LogP contribution in [0.15, 0.2) is 12.2 Å². The zero-order chi connectivity index (χ0) is 25.7. The third-order valence-electron chi connectivity index (χ3n) is 5.43. The average molecular weight is 511 g/mol. The Bertz CT molecular complexity index is 540. The van der Waals surface area contributed by atoms with Crippen molar-refractivity contribution >= 4 is 7.82 Å². The molecule has 8 nitrogen and oxygen atoms in total. The van der Waals surface area contributed by atoms with Gasteiger partial charge in [0.25, 0.3) is 0 Å². The highest BCUT2D eigenvalue weighted by atomic mass is 31.2. The summed E-state index contributed by atoms with van der Waals surface area (Å²) in [5.74, 6) is 0. The molecule has 0 bridgehead atoms. The lowest BCUT2D eigenvalue weighted by Crippen LogP contribution is -2.37. The van der Waals surface area contributed by atoms with E-state index < -0.39 is 13.9 Å². The molecule has 3 atom stereocenters. The van der Waals surface area contributed by atoms with Crippen molar-refractivity contribution in [2.24, 2.45) is 0 Å². The summed E-state index contributed by atoms with van der Waals surface area (Å²) in [6, 6.07) is 0. The summed E-state index contributed by atoms with van der Waals surface area (Å²) in [5, 5.41) is 9.95. The van der Waals surface area contributed by atoms with Gasteiger partial charge in [0.2, 0.25) is 0 Å². The lowest BCUT2D eigenvalue weighted by atomic mass is 10.1. The van der Waals surface area contributed by atoms with Crippen LogP contribution in [-0.2, 0) is 23.1 Å². The molecule has 0 rings (SSSR count). The molecule has 0 spiro atoms. The molecule has 0 saturated heterocycles. The van der Waals surface area contributed by atoms with E-state index in [1.807, 2.05) is 21.1 Å². The standard InChI is InChI=1S/C25H52NO7P/c1-6-7-8-9-10-11-12-13-14-15-16-17-18-25(30-5)23-31-21-24(27)22-33-34(28,29)32-20-19-26(2,3)4/h16-17,24-25,27H,6-15,18-23H2,1-5H3/p+1/t24-,25?/m0/s1. The predicted molar refractivity (Wildman–Crippen MR) is 138 cm³/mol. The Hall–Kier alpha value is -0.310. The Kier molecular flexibility index (Phi) is 20.6. The van der Waals surface area contributed by atoms with Gasteiger partial charge in [-0.25, -0.2) is 4.57 Å². The van der Waals surface area contributed by atoms with Gasteiger partial charge in [-0.05, 0) is 19.3 Å². The lowest BCUT2D eigenvalue weighted by Gasteiger charge is -2.24. The van der Waals surface area contributed by atoms with Gasteiger partial charge in [-0.15, -0.1) is 0 Å². The SMILES string of the molecule is CCCCCCCCCCCC=CCC(COC[C@H](O)COP(=O)(O)OCC[N+](C)(C)C)OC. The fourth-order valence-corrected chi connectivity index (χ4v) is 3.95. The molecule has 2 unspecified atom stereocenters. The second-order valence-corrected chi connectivity index (χ2v) is 11.4. The first-order valence-corrected chi connectivity index (χ1v) is 14.4. The number of aliphatic hydroxyl groups is 1. The first-order valence-electron chi connectivity index (χ1n) is 13.0. The number of rotatable bonds is 24. The number of likely N-dealkylation sites (N-methyl/N-ethyl adjacent to an activating group) is 1. The fraction of sp³-hybridized carbons (Fsp3) is 0.920. The van der Waals surface area contributed by atoms with Crippen LogP contribution in [0.3, 0.4) is 0 Å². The van der Waals surface area contributed by atoms with E-state index in [2.05, 4.69) is 19.1 Å². The summed E-state index contributed by atoms with van der Waals surface area (Å²) in [5.41, 5.74) is 0. The number of aliphatic hydroxyl groups excluding tert-OH is 1. The Morgan fingerprint density at radius 1 is 0.882 bits per heavy atom. The van der Waals surface area contributed by atoms with E-state index in [1.165, 1.54) is 57.8 Å². The highest BCUT2D eigenvalue weighted by molar-refractivity contribution is 7.47. The van der Waals surface area contributed by atoms with E-state index in [0.29, 0.717) is 17.6 Å². The van der Waals surface area contributed by atoms with Gasteiger partial charge in [-0.2, -0.15) is 0 Å². The molecule has 0 amide bonds. The predicted octanol–water partition coefficient (Wildman–Crippen LogP) is 5.09. The molecular formula is C25H53NO7P+. The van der Waals surface area contributed by atoms with Gasteiger partial charge < -0.3 is 24.0 Å². The molecule has 2 N–H and O–H groups in total. The number of phosphoric ester groups is 1. The number of hydrogen-bond donors (Lipinski definition) is 2. The van der Waals surface area contributed by atoms with E-state index in [0.717, 1.165) is 12.8 Å². The van der Waals surface area contributed by atoms with Crippen LogP contribution < -0.4 is 0 Å². The molecule has 9 heteroatoms. The minimum absolute atomic E-state index is 0.0130. The molecule has 0 fully saturated rings. The van der Waals surface area contributed by atoms with Crippen LogP contribution >= 0.6 is 7.82 Å². The number of ether oxygens (including phenoxy) is 2. The molecule has 0 heterocycles. The van der Waals surface area contributed by atoms with Gasteiger partial charge in [0.15, 0.2) is 0 Å². The maximum Gasteiger partial charge on any atom is 0.472 e. The van der Waals surface area contributed by atoms with Crippen molar-refractivity contribution in [1.29, 1.82) is 0 Å². The third kappa shape index (κ3) is 23.4. The van der Waals surface area contributed by atoms with Crippen molar-refractivity contribution < 1.29 is 37.6 Å². The summed E-state index contributed by atoms with van der Waals surface area (Å²) in [7, 11) is 3.31. The summed E-state index contributed by atoms with van der Waals surface area (Å²) in [6.45, 7) is 2.88. The van der Waals surface area contributed by atoms with Crippen LogP contribution in [0, 0.1) is 0 Å². The number of phosphoric acid groups is 1. The summed E-state index contributed by atoms with van der Waals surface area (Å²) < 4.78 is 33.1. The number of allylic oxidation sites excluding steroid dienone is 1. The smallest absolute Gasteiger partial charge is 0.388 e. The zero-order valence-electron chi connectivity index (χ0n) is 22.5. The van der Waals surface area contributed by atoms with Crippen molar-refractivity contribution in [3.05, 3.63) is 12.2 Å².